The number of hydrogen-bond donors (Lipinski definition) is 1. The second-order valence-corrected chi connectivity index (χ2v) is 2.41. The van der Waals surface area contributed by atoms with Crippen molar-refractivity contribution in [2.24, 2.45) is 0 Å². The van der Waals surface area contributed by atoms with Gasteiger partial charge in [0.25, 0.3) is 0 Å². The van der Waals surface area contributed by atoms with Crippen molar-refractivity contribution in [1.29, 1.82) is 0 Å². The average molecular weight is 151 g/mol. The Bertz CT molecular complexity index is 274. The van der Waals surface area contributed by atoms with Crippen LogP contribution in [0.2, 0.25) is 0 Å². The lowest BCUT2D eigenvalue weighted by Crippen LogP contribution is -1.96. The number of aryl methyl sites for hydroxylation is 1. The zero-order valence-corrected chi connectivity index (χ0v) is 6.46. The molecule has 0 atom stereocenters. The first-order valence-electron chi connectivity index (χ1n) is 3.27. The average Bonchev–Trinajstić information content (AvgIpc) is 1.85. The van der Waals surface area contributed by atoms with E-state index < -0.39 is 0 Å². The van der Waals surface area contributed by atoms with Crippen LogP contribution in [-0.2, 0) is 0 Å². The van der Waals surface area contributed by atoms with Crippen LogP contribution < -0.4 is 0 Å². The van der Waals surface area contributed by atoms with Crippen molar-refractivity contribution >= 4 is 5.78 Å². The van der Waals surface area contributed by atoms with Crippen LogP contribution >= 0.6 is 0 Å². The van der Waals surface area contributed by atoms with E-state index in [0.717, 1.165) is 0 Å². The number of ketones is 1. The summed E-state index contributed by atoms with van der Waals surface area (Å²) in [6.07, 6.45) is 2.82. The molecule has 1 heterocycles. The molecule has 0 fully saturated rings. The lowest BCUT2D eigenvalue weighted by Gasteiger charge is -2.01. The second-order valence-electron chi connectivity index (χ2n) is 2.41. The summed E-state index contributed by atoms with van der Waals surface area (Å²) in [5.74, 6) is -0.181. The van der Waals surface area contributed by atoms with Gasteiger partial charge in [-0.15, -0.1) is 0 Å². The first kappa shape index (κ1) is 7.72. The highest BCUT2D eigenvalue weighted by molar-refractivity contribution is 5.97. The Hall–Kier alpha value is -1.38. The van der Waals surface area contributed by atoms with Gasteiger partial charge in [0.15, 0.2) is 5.78 Å². The molecular formula is C8H9NO2. The van der Waals surface area contributed by atoms with E-state index in [9.17, 15) is 9.90 Å². The molecule has 0 aliphatic heterocycles. The Morgan fingerprint density at radius 1 is 1.55 bits per heavy atom. The van der Waals surface area contributed by atoms with Crippen LogP contribution in [0.15, 0.2) is 12.4 Å². The van der Waals surface area contributed by atoms with Gasteiger partial charge in [0.05, 0.1) is 11.8 Å². The molecule has 3 heteroatoms. The van der Waals surface area contributed by atoms with Gasteiger partial charge in [0.1, 0.15) is 5.75 Å². The minimum Gasteiger partial charge on any atom is -0.506 e. The highest BCUT2D eigenvalue weighted by atomic mass is 16.3. The van der Waals surface area contributed by atoms with Gasteiger partial charge in [-0.2, -0.15) is 0 Å². The van der Waals surface area contributed by atoms with E-state index in [1.807, 2.05) is 0 Å². The van der Waals surface area contributed by atoms with E-state index in [2.05, 4.69) is 4.98 Å². The van der Waals surface area contributed by atoms with Crippen LogP contribution in [0.4, 0.5) is 0 Å². The van der Waals surface area contributed by atoms with Crippen molar-refractivity contribution in [2.75, 3.05) is 0 Å². The quantitative estimate of drug-likeness (QED) is 0.615. The number of carbonyl (C=O) groups excluding carboxylic acids is 1. The molecule has 1 N–H and O–H groups in total. The Labute approximate surface area is 64.7 Å². The fraction of sp³-hybridized carbons (Fsp3) is 0.250. The van der Waals surface area contributed by atoms with Crippen LogP contribution in [0.3, 0.4) is 0 Å². The summed E-state index contributed by atoms with van der Waals surface area (Å²) in [5, 5.41) is 9.18. The van der Waals surface area contributed by atoms with Crippen LogP contribution in [0.1, 0.15) is 22.8 Å². The molecule has 58 valence electrons. The van der Waals surface area contributed by atoms with Crippen LogP contribution in [-0.4, -0.2) is 15.9 Å². The number of carbonyl (C=O) groups is 1. The number of hydrogen-bond acceptors (Lipinski definition) is 3. The highest BCUT2D eigenvalue weighted by Crippen LogP contribution is 2.18. The third-order valence-corrected chi connectivity index (χ3v) is 1.47. The maximum Gasteiger partial charge on any atom is 0.163 e. The van der Waals surface area contributed by atoms with Crippen LogP contribution in [0, 0.1) is 6.92 Å². The molecule has 0 saturated carbocycles. The van der Waals surface area contributed by atoms with E-state index in [-0.39, 0.29) is 11.5 Å². The smallest absolute Gasteiger partial charge is 0.163 e. The fourth-order valence-electron chi connectivity index (χ4n) is 1.01. The molecule has 0 aliphatic carbocycles. The standard InChI is InChI=1S/C8H9NO2/c1-5-3-9-4-7(11)8(5)6(2)10/h3-4,11H,1-2H3. The van der Waals surface area contributed by atoms with Crippen molar-refractivity contribution in [3.8, 4) is 5.75 Å². The number of rotatable bonds is 1. The van der Waals surface area contributed by atoms with Crippen molar-refractivity contribution < 1.29 is 9.90 Å². The van der Waals surface area contributed by atoms with Crippen molar-refractivity contribution in [3.05, 3.63) is 23.5 Å². The summed E-state index contributed by atoms with van der Waals surface area (Å²) >= 11 is 0. The zero-order valence-electron chi connectivity index (χ0n) is 6.46. The Balaban J connectivity index is 3.32. The maximum absolute atomic E-state index is 10.9. The first-order valence-corrected chi connectivity index (χ1v) is 3.27. The third-order valence-electron chi connectivity index (χ3n) is 1.47. The predicted octanol–water partition coefficient (Wildman–Crippen LogP) is 1.30. The number of aromatic hydroxyl groups is 1. The van der Waals surface area contributed by atoms with Gasteiger partial charge < -0.3 is 5.11 Å². The van der Waals surface area contributed by atoms with Gasteiger partial charge >= 0.3 is 0 Å². The number of aromatic nitrogens is 1. The second kappa shape index (κ2) is 2.70. The Morgan fingerprint density at radius 2 is 2.18 bits per heavy atom. The molecule has 0 bridgehead atoms. The minimum atomic E-state index is -0.137. The molecule has 0 aromatic carbocycles. The third kappa shape index (κ3) is 1.37. The van der Waals surface area contributed by atoms with Gasteiger partial charge in [-0.3, -0.25) is 9.78 Å². The zero-order chi connectivity index (χ0) is 8.43. The van der Waals surface area contributed by atoms with E-state index in [1.54, 1.807) is 13.1 Å². The fourth-order valence-corrected chi connectivity index (χ4v) is 1.01. The largest absolute Gasteiger partial charge is 0.506 e. The van der Waals surface area contributed by atoms with Crippen LogP contribution in [0.5, 0.6) is 5.75 Å². The van der Waals surface area contributed by atoms with Gasteiger partial charge in [0, 0.05) is 6.20 Å². The van der Waals surface area contributed by atoms with Crippen molar-refractivity contribution in [2.45, 2.75) is 13.8 Å². The first-order chi connectivity index (χ1) is 5.13. The lowest BCUT2D eigenvalue weighted by molar-refractivity contribution is 0.101. The summed E-state index contributed by atoms with van der Waals surface area (Å²) in [4.78, 5) is 14.6. The maximum atomic E-state index is 10.9. The number of nitrogens with zero attached hydrogens (tertiary/aromatic N) is 1. The van der Waals surface area contributed by atoms with E-state index in [4.69, 9.17) is 0 Å². The predicted molar refractivity (Wildman–Crippen MR) is 40.6 cm³/mol. The summed E-state index contributed by atoms with van der Waals surface area (Å²) in [6.45, 7) is 3.16. The SMILES string of the molecule is CC(=O)c1c(C)cncc1O. The molecule has 3 nitrogen and oxygen atoms in total. The normalized spacial score (nSPS) is 9.64. The molecule has 0 unspecified atom stereocenters. The summed E-state index contributed by atoms with van der Waals surface area (Å²) in [6, 6.07) is 0. The van der Waals surface area contributed by atoms with Gasteiger partial charge in [-0.1, -0.05) is 0 Å². The van der Waals surface area contributed by atoms with Gasteiger partial charge in [0.2, 0.25) is 0 Å². The molecule has 11 heavy (non-hydrogen) atoms. The summed E-state index contributed by atoms with van der Waals surface area (Å²) in [7, 11) is 0. The van der Waals surface area contributed by atoms with Crippen molar-refractivity contribution in [1.82, 2.24) is 4.98 Å². The number of pyridine rings is 1. The molecule has 1 aromatic heterocycles. The van der Waals surface area contributed by atoms with Crippen LogP contribution in [0.25, 0.3) is 0 Å². The molecule has 0 radical (unpaired) electrons. The molecule has 0 aliphatic rings. The van der Waals surface area contributed by atoms with E-state index in [0.29, 0.717) is 11.1 Å². The Kier molecular flexibility index (Phi) is 1.89. The van der Waals surface area contributed by atoms with Crippen molar-refractivity contribution in [3.63, 3.8) is 0 Å². The van der Waals surface area contributed by atoms with Gasteiger partial charge in [-0.05, 0) is 19.4 Å². The molecule has 1 aromatic rings. The molecule has 0 saturated heterocycles. The van der Waals surface area contributed by atoms with E-state index in [1.165, 1.54) is 13.1 Å². The molecule has 0 spiro atoms. The van der Waals surface area contributed by atoms with Gasteiger partial charge in [-0.25, -0.2) is 0 Å². The molecular weight excluding hydrogens is 142 g/mol. The molecule has 1 rings (SSSR count). The summed E-state index contributed by atoms with van der Waals surface area (Å²) < 4.78 is 0. The minimum absolute atomic E-state index is 0.0440. The Morgan fingerprint density at radius 3 is 2.55 bits per heavy atom. The topological polar surface area (TPSA) is 50.2 Å². The monoisotopic (exact) mass is 151 g/mol. The highest BCUT2D eigenvalue weighted by Gasteiger charge is 2.08. The summed E-state index contributed by atoms with van der Waals surface area (Å²) in [5.41, 5.74) is 1.07. The van der Waals surface area contributed by atoms with E-state index >= 15 is 0 Å². The number of Topliss-reactive ketones (excluding diaryl/α,β-unsaturated/α-hetero) is 1. The lowest BCUT2D eigenvalue weighted by atomic mass is 10.1. The molecule has 0 amide bonds.